The summed E-state index contributed by atoms with van der Waals surface area (Å²) in [5.74, 6) is 0.0307. The summed E-state index contributed by atoms with van der Waals surface area (Å²) in [6.07, 6.45) is 1.36. The van der Waals surface area contributed by atoms with Crippen LogP contribution in [-0.2, 0) is 17.6 Å². The van der Waals surface area contributed by atoms with Gasteiger partial charge < -0.3 is 20.7 Å². The molecule has 3 rings (SSSR count). The number of hydrogen-bond donors (Lipinski definition) is 3. The lowest BCUT2D eigenvalue weighted by molar-refractivity contribution is -0.115. The van der Waals surface area contributed by atoms with E-state index in [1.54, 1.807) is 43.5 Å². The summed E-state index contributed by atoms with van der Waals surface area (Å²) in [4.78, 5) is 25.0. The molecule has 3 aromatic carbocycles. The summed E-state index contributed by atoms with van der Waals surface area (Å²) in [7, 11) is 1.62. The van der Waals surface area contributed by atoms with Crippen molar-refractivity contribution in [1.29, 1.82) is 0 Å². The molecule has 0 aliphatic rings. The summed E-state index contributed by atoms with van der Waals surface area (Å²) < 4.78 is 18.1. The van der Waals surface area contributed by atoms with Crippen LogP contribution in [-0.4, -0.2) is 38.6 Å². The fourth-order valence-electron chi connectivity index (χ4n) is 3.28. The van der Waals surface area contributed by atoms with Gasteiger partial charge in [0.15, 0.2) is 0 Å². The van der Waals surface area contributed by atoms with Gasteiger partial charge in [0.2, 0.25) is 5.91 Å². The molecular formula is C26H28FN3O3. The minimum absolute atomic E-state index is 0.106. The summed E-state index contributed by atoms with van der Waals surface area (Å²) >= 11 is 0. The zero-order chi connectivity index (χ0) is 23.5. The number of methoxy groups -OCH3 is 1. The first-order chi connectivity index (χ1) is 16.0. The molecule has 0 fully saturated rings. The smallest absolute Gasteiger partial charge is 0.253 e. The summed E-state index contributed by atoms with van der Waals surface area (Å²) in [5, 5.41) is 8.76. The predicted octanol–water partition coefficient (Wildman–Crippen LogP) is 3.58. The number of carbonyl (C=O) groups excluding carboxylic acids is 2. The van der Waals surface area contributed by atoms with E-state index in [9.17, 15) is 14.0 Å². The third-order valence-electron chi connectivity index (χ3n) is 5.09. The van der Waals surface area contributed by atoms with Crippen LogP contribution in [0.25, 0.3) is 0 Å². The topological polar surface area (TPSA) is 79.5 Å². The van der Waals surface area contributed by atoms with Gasteiger partial charge in [0.05, 0.1) is 24.9 Å². The van der Waals surface area contributed by atoms with Crippen molar-refractivity contribution in [2.75, 3.05) is 32.1 Å². The largest absolute Gasteiger partial charge is 0.497 e. The minimum atomic E-state index is -0.269. The molecule has 0 spiro atoms. The van der Waals surface area contributed by atoms with Gasteiger partial charge in [-0.15, -0.1) is 0 Å². The van der Waals surface area contributed by atoms with E-state index < -0.39 is 0 Å². The number of anilines is 1. The first-order valence-corrected chi connectivity index (χ1v) is 10.8. The van der Waals surface area contributed by atoms with Gasteiger partial charge in [-0.2, -0.15) is 0 Å². The molecule has 0 bridgehead atoms. The number of rotatable bonds is 11. The highest BCUT2D eigenvalue weighted by Gasteiger charge is 2.12. The Kier molecular flexibility index (Phi) is 8.97. The molecule has 33 heavy (non-hydrogen) atoms. The quantitative estimate of drug-likeness (QED) is 0.391. The molecule has 3 N–H and O–H groups in total. The van der Waals surface area contributed by atoms with E-state index in [-0.39, 0.29) is 24.2 Å². The molecule has 0 aliphatic carbocycles. The SMILES string of the molecule is COc1ccc(CCNC(=O)c2ccccc2NC(=O)CNCCc2ccc(F)cc2)cc1. The van der Waals surface area contributed by atoms with Gasteiger partial charge in [0.1, 0.15) is 11.6 Å². The highest BCUT2D eigenvalue weighted by molar-refractivity contribution is 6.04. The van der Waals surface area contributed by atoms with Crippen molar-refractivity contribution < 1.29 is 18.7 Å². The van der Waals surface area contributed by atoms with Crippen LogP contribution in [0.5, 0.6) is 5.75 Å². The van der Waals surface area contributed by atoms with Gasteiger partial charge >= 0.3 is 0 Å². The van der Waals surface area contributed by atoms with Gasteiger partial charge in [-0.3, -0.25) is 9.59 Å². The molecular weight excluding hydrogens is 421 g/mol. The Balaban J connectivity index is 1.44. The van der Waals surface area contributed by atoms with Crippen molar-refractivity contribution in [2.45, 2.75) is 12.8 Å². The van der Waals surface area contributed by atoms with Crippen molar-refractivity contribution in [2.24, 2.45) is 0 Å². The second-order valence-electron chi connectivity index (χ2n) is 7.50. The monoisotopic (exact) mass is 449 g/mol. The highest BCUT2D eigenvalue weighted by atomic mass is 19.1. The Labute approximate surface area is 193 Å². The Morgan fingerprint density at radius 3 is 2.18 bits per heavy atom. The Hall–Kier alpha value is -3.71. The number of nitrogens with one attached hydrogen (secondary N) is 3. The minimum Gasteiger partial charge on any atom is -0.497 e. The predicted molar refractivity (Wildman–Crippen MR) is 127 cm³/mol. The summed E-state index contributed by atoms with van der Waals surface area (Å²) in [5.41, 5.74) is 2.95. The molecule has 0 unspecified atom stereocenters. The van der Waals surface area contributed by atoms with Gasteiger partial charge in [0, 0.05) is 6.54 Å². The van der Waals surface area contributed by atoms with Crippen molar-refractivity contribution in [3.63, 3.8) is 0 Å². The van der Waals surface area contributed by atoms with Crippen molar-refractivity contribution in [3.8, 4) is 5.75 Å². The van der Waals surface area contributed by atoms with Gasteiger partial charge in [-0.05, 0) is 66.9 Å². The lowest BCUT2D eigenvalue weighted by Gasteiger charge is -2.12. The van der Waals surface area contributed by atoms with E-state index in [0.29, 0.717) is 37.2 Å². The third kappa shape index (κ3) is 7.73. The average Bonchev–Trinajstić information content (AvgIpc) is 2.83. The van der Waals surface area contributed by atoms with E-state index in [1.807, 2.05) is 24.3 Å². The molecule has 2 amide bonds. The first kappa shape index (κ1) is 23.9. The second kappa shape index (κ2) is 12.4. The summed E-state index contributed by atoms with van der Waals surface area (Å²) in [6, 6.07) is 20.9. The lowest BCUT2D eigenvalue weighted by Crippen LogP contribution is -2.31. The molecule has 0 radical (unpaired) electrons. The number of halogens is 1. The van der Waals surface area contributed by atoms with Crippen LogP contribution >= 0.6 is 0 Å². The van der Waals surface area contributed by atoms with Crippen molar-refractivity contribution >= 4 is 17.5 Å². The second-order valence-corrected chi connectivity index (χ2v) is 7.50. The maximum absolute atomic E-state index is 12.9. The van der Waals surface area contributed by atoms with E-state index in [0.717, 1.165) is 16.9 Å². The Morgan fingerprint density at radius 1 is 0.848 bits per heavy atom. The number of para-hydroxylation sites is 1. The molecule has 0 atom stereocenters. The maximum Gasteiger partial charge on any atom is 0.253 e. The van der Waals surface area contributed by atoms with Crippen molar-refractivity contribution in [3.05, 3.63) is 95.3 Å². The molecule has 0 aliphatic heterocycles. The van der Waals surface area contributed by atoms with Crippen LogP contribution in [0.1, 0.15) is 21.5 Å². The first-order valence-electron chi connectivity index (χ1n) is 10.8. The lowest BCUT2D eigenvalue weighted by atomic mass is 10.1. The van der Waals surface area contributed by atoms with Gasteiger partial charge in [0.25, 0.3) is 5.91 Å². The fourth-order valence-corrected chi connectivity index (χ4v) is 3.28. The molecule has 7 heteroatoms. The van der Waals surface area contributed by atoms with Gasteiger partial charge in [-0.25, -0.2) is 4.39 Å². The number of amides is 2. The normalized spacial score (nSPS) is 10.5. The zero-order valence-corrected chi connectivity index (χ0v) is 18.6. The maximum atomic E-state index is 12.9. The van der Waals surface area contributed by atoms with E-state index in [4.69, 9.17) is 4.74 Å². The summed E-state index contributed by atoms with van der Waals surface area (Å²) in [6.45, 7) is 1.15. The molecule has 3 aromatic rings. The van der Waals surface area contributed by atoms with Gasteiger partial charge in [-0.1, -0.05) is 36.4 Å². The molecule has 0 saturated heterocycles. The van der Waals surface area contributed by atoms with E-state index in [2.05, 4.69) is 16.0 Å². The Bertz CT molecular complexity index is 1050. The van der Waals surface area contributed by atoms with Crippen LogP contribution in [0.15, 0.2) is 72.8 Å². The molecule has 0 saturated carbocycles. The average molecular weight is 450 g/mol. The Morgan fingerprint density at radius 2 is 1.48 bits per heavy atom. The number of hydrogen-bond acceptors (Lipinski definition) is 4. The molecule has 0 aromatic heterocycles. The van der Waals surface area contributed by atoms with E-state index >= 15 is 0 Å². The molecule has 172 valence electrons. The van der Waals surface area contributed by atoms with Crippen LogP contribution in [0.2, 0.25) is 0 Å². The zero-order valence-electron chi connectivity index (χ0n) is 18.6. The number of benzene rings is 3. The standard InChI is InChI=1S/C26H28FN3O3/c1-33-22-12-8-20(9-13-22)15-17-29-26(32)23-4-2-3-5-24(23)30-25(31)18-28-16-14-19-6-10-21(27)11-7-19/h2-13,28H,14-18H2,1H3,(H,29,32)(H,30,31). The number of carbonyl (C=O) groups is 2. The number of ether oxygens (including phenoxy) is 1. The fraction of sp³-hybridized carbons (Fsp3) is 0.231. The van der Waals surface area contributed by atoms with Crippen LogP contribution in [0, 0.1) is 5.82 Å². The highest BCUT2D eigenvalue weighted by Crippen LogP contribution is 2.15. The molecule has 0 heterocycles. The van der Waals surface area contributed by atoms with Crippen LogP contribution in [0.3, 0.4) is 0 Å². The van der Waals surface area contributed by atoms with Crippen LogP contribution < -0.4 is 20.7 Å². The van der Waals surface area contributed by atoms with Crippen molar-refractivity contribution in [1.82, 2.24) is 10.6 Å². The molecule has 6 nitrogen and oxygen atoms in total. The third-order valence-corrected chi connectivity index (χ3v) is 5.09. The van der Waals surface area contributed by atoms with E-state index in [1.165, 1.54) is 12.1 Å². The van der Waals surface area contributed by atoms with Crippen LogP contribution in [0.4, 0.5) is 10.1 Å².